The zero-order chi connectivity index (χ0) is 24.9. The highest BCUT2D eigenvalue weighted by molar-refractivity contribution is 6.31. The lowest BCUT2D eigenvalue weighted by molar-refractivity contribution is -0.123. The third-order valence-electron chi connectivity index (χ3n) is 5.84. The summed E-state index contributed by atoms with van der Waals surface area (Å²) in [5.41, 5.74) is 1.26. The Morgan fingerprint density at radius 1 is 1.31 bits per heavy atom. The number of β-amino-alcohol motifs (C(OH)–C–C–N with tert-alkyl or cyclic N) is 1. The van der Waals surface area contributed by atoms with E-state index in [2.05, 4.69) is 25.9 Å². The summed E-state index contributed by atoms with van der Waals surface area (Å²) in [6, 6.07) is 5.33. The van der Waals surface area contributed by atoms with Crippen LogP contribution in [0, 0.1) is 5.82 Å². The number of urea groups is 1. The first-order valence-corrected chi connectivity index (χ1v) is 10.9. The highest BCUT2D eigenvalue weighted by Gasteiger charge is 2.38. The maximum atomic E-state index is 14.1. The number of fused-ring (bicyclic) bond motifs is 2. The number of rotatable bonds is 3. The molecule has 0 saturated heterocycles. The van der Waals surface area contributed by atoms with Gasteiger partial charge in [0.05, 0.1) is 29.7 Å². The van der Waals surface area contributed by atoms with Gasteiger partial charge >= 0.3 is 6.03 Å². The van der Waals surface area contributed by atoms with E-state index in [1.807, 2.05) is 0 Å². The first kappa shape index (κ1) is 22.7. The quantitative estimate of drug-likeness (QED) is 0.432. The summed E-state index contributed by atoms with van der Waals surface area (Å²) in [5, 5.41) is 18.3. The molecule has 180 valence electrons. The number of pyridine rings is 1. The van der Waals surface area contributed by atoms with E-state index < -0.39 is 35.8 Å². The highest BCUT2D eigenvalue weighted by Crippen LogP contribution is 2.37. The van der Waals surface area contributed by atoms with E-state index in [4.69, 9.17) is 11.6 Å². The number of halogens is 2. The van der Waals surface area contributed by atoms with Crippen LogP contribution in [-0.2, 0) is 11.3 Å². The number of aliphatic hydroxyl groups excluding tert-OH is 1. The van der Waals surface area contributed by atoms with Crippen LogP contribution in [0.15, 0.2) is 36.5 Å². The number of nitrogens with one attached hydrogen (secondary N) is 3. The Balaban J connectivity index is 1.60. The summed E-state index contributed by atoms with van der Waals surface area (Å²) >= 11 is 6.32. The van der Waals surface area contributed by atoms with Gasteiger partial charge in [0.2, 0.25) is 11.7 Å². The predicted octanol–water partition coefficient (Wildman–Crippen LogP) is 1.73. The van der Waals surface area contributed by atoms with Crippen molar-refractivity contribution in [3.05, 3.63) is 70.1 Å². The molecule has 35 heavy (non-hydrogen) atoms. The van der Waals surface area contributed by atoms with Gasteiger partial charge in [0.15, 0.2) is 5.82 Å². The van der Waals surface area contributed by atoms with Gasteiger partial charge in [-0.1, -0.05) is 11.6 Å². The minimum Gasteiger partial charge on any atom is -0.385 e. The fraction of sp³-hybridized carbons (Fsp3) is 0.227. The van der Waals surface area contributed by atoms with Crippen LogP contribution in [0.1, 0.15) is 39.7 Å². The number of amides is 4. The first-order valence-electron chi connectivity index (χ1n) is 10.6. The summed E-state index contributed by atoms with van der Waals surface area (Å²) in [7, 11) is 1.40. The zero-order valence-corrected chi connectivity index (χ0v) is 19.0. The maximum Gasteiger partial charge on any atom is 0.327 e. The van der Waals surface area contributed by atoms with Gasteiger partial charge in [-0.2, -0.15) is 0 Å². The molecule has 0 saturated carbocycles. The maximum absolute atomic E-state index is 14.1. The molecular formula is C22H19ClFN7O4. The van der Waals surface area contributed by atoms with Crippen molar-refractivity contribution in [2.24, 2.45) is 0 Å². The minimum absolute atomic E-state index is 0.0224. The van der Waals surface area contributed by atoms with Crippen molar-refractivity contribution < 1.29 is 23.9 Å². The summed E-state index contributed by atoms with van der Waals surface area (Å²) < 4.78 is 15.4. The molecule has 2 atom stereocenters. The van der Waals surface area contributed by atoms with E-state index in [1.165, 1.54) is 40.9 Å². The lowest BCUT2D eigenvalue weighted by Crippen LogP contribution is -2.41. The molecule has 4 heterocycles. The second kappa shape index (κ2) is 8.64. The molecule has 11 nitrogen and oxygen atoms in total. The Labute approximate surface area is 202 Å². The van der Waals surface area contributed by atoms with Gasteiger partial charge in [0.25, 0.3) is 5.91 Å². The van der Waals surface area contributed by atoms with Crippen molar-refractivity contribution in [2.75, 3.05) is 23.8 Å². The number of hydrogen-bond donors (Lipinski definition) is 4. The van der Waals surface area contributed by atoms with E-state index >= 15 is 0 Å². The summed E-state index contributed by atoms with van der Waals surface area (Å²) in [4.78, 5) is 48.0. The third-order valence-corrected chi connectivity index (χ3v) is 6.18. The van der Waals surface area contributed by atoms with E-state index in [9.17, 15) is 23.9 Å². The number of benzene rings is 1. The number of nitrogens with zero attached hydrogens (tertiary/aromatic N) is 4. The van der Waals surface area contributed by atoms with Crippen molar-refractivity contribution in [3.63, 3.8) is 0 Å². The Morgan fingerprint density at radius 2 is 2.11 bits per heavy atom. The first-order chi connectivity index (χ1) is 16.8. The summed E-state index contributed by atoms with van der Waals surface area (Å²) in [5.74, 6) is -1.76. The van der Waals surface area contributed by atoms with Gasteiger partial charge in [-0.3, -0.25) is 24.8 Å². The molecule has 4 amide bonds. The van der Waals surface area contributed by atoms with Crippen LogP contribution in [0.2, 0.25) is 5.02 Å². The molecule has 0 aliphatic carbocycles. The van der Waals surface area contributed by atoms with E-state index in [1.54, 1.807) is 12.1 Å². The monoisotopic (exact) mass is 499 g/mol. The van der Waals surface area contributed by atoms with E-state index in [-0.39, 0.29) is 41.0 Å². The van der Waals surface area contributed by atoms with Crippen LogP contribution in [-0.4, -0.2) is 51.1 Å². The lowest BCUT2D eigenvalue weighted by Gasteiger charge is -2.28. The average Bonchev–Trinajstić information content (AvgIpc) is 3.37. The Morgan fingerprint density at radius 3 is 2.89 bits per heavy atom. The minimum atomic E-state index is -1.00. The molecule has 0 fully saturated rings. The van der Waals surface area contributed by atoms with E-state index in [0.29, 0.717) is 11.4 Å². The summed E-state index contributed by atoms with van der Waals surface area (Å²) in [6.07, 6.45) is 0.549. The van der Waals surface area contributed by atoms with Crippen molar-refractivity contribution >= 4 is 41.0 Å². The SMILES string of the molecule is CNC(=O)c1nc(NC(=O)N2C[C@H](O)c3ncccc32)c2n1CC(=O)N[C@H]2c1cc(F)ccc1Cl. The smallest absolute Gasteiger partial charge is 0.327 e. The zero-order valence-electron chi connectivity index (χ0n) is 18.2. The van der Waals surface area contributed by atoms with Gasteiger partial charge in [0, 0.05) is 23.8 Å². The number of aliphatic hydroxyl groups is 1. The second-order valence-corrected chi connectivity index (χ2v) is 8.37. The van der Waals surface area contributed by atoms with E-state index in [0.717, 1.165) is 0 Å². The molecule has 2 aliphatic rings. The number of carbonyl (C=O) groups excluding carboxylic acids is 3. The lowest BCUT2D eigenvalue weighted by atomic mass is 10.0. The van der Waals surface area contributed by atoms with Crippen LogP contribution < -0.4 is 20.9 Å². The van der Waals surface area contributed by atoms with Gasteiger partial charge in [-0.15, -0.1) is 0 Å². The second-order valence-electron chi connectivity index (χ2n) is 7.97. The fourth-order valence-corrected chi connectivity index (χ4v) is 4.51. The number of hydrogen-bond acceptors (Lipinski definition) is 6. The molecule has 3 aromatic rings. The Kier molecular flexibility index (Phi) is 5.61. The summed E-state index contributed by atoms with van der Waals surface area (Å²) in [6.45, 7) is -0.286. The molecule has 0 unspecified atom stereocenters. The van der Waals surface area contributed by atoms with Crippen LogP contribution in [0.3, 0.4) is 0 Å². The van der Waals surface area contributed by atoms with Gasteiger partial charge in [-0.25, -0.2) is 14.2 Å². The van der Waals surface area contributed by atoms with Crippen molar-refractivity contribution in [3.8, 4) is 0 Å². The number of carbonyl (C=O) groups is 3. The Bertz CT molecular complexity index is 1380. The average molecular weight is 500 g/mol. The normalized spacial score (nSPS) is 18.5. The van der Waals surface area contributed by atoms with Gasteiger partial charge in [-0.05, 0) is 30.3 Å². The van der Waals surface area contributed by atoms with Crippen LogP contribution in [0.4, 0.5) is 20.7 Å². The Hall–Kier alpha value is -4.03. The third kappa shape index (κ3) is 3.86. The molecular weight excluding hydrogens is 481 g/mol. The fourth-order valence-electron chi connectivity index (χ4n) is 4.29. The topological polar surface area (TPSA) is 141 Å². The number of anilines is 2. The van der Waals surface area contributed by atoms with Crippen molar-refractivity contribution in [1.29, 1.82) is 0 Å². The highest BCUT2D eigenvalue weighted by atomic mass is 35.5. The number of aromatic nitrogens is 3. The molecule has 0 spiro atoms. The molecule has 4 N–H and O–H groups in total. The predicted molar refractivity (Wildman–Crippen MR) is 123 cm³/mol. The van der Waals surface area contributed by atoms with Crippen LogP contribution >= 0.6 is 11.6 Å². The molecule has 13 heteroatoms. The molecule has 2 aromatic heterocycles. The number of imidazole rings is 1. The van der Waals surface area contributed by atoms with Crippen molar-refractivity contribution in [2.45, 2.75) is 18.7 Å². The molecule has 0 bridgehead atoms. The van der Waals surface area contributed by atoms with Crippen LogP contribution in [0.25, 0.3) is 0 Å². The molecule has 1 aromatic carbocycles. The molecule has 2 aliphatic heterocycles. The van der Waals surface area contributed by atoms with Crippen LogP contribution in [0.5, 0.6) is 0 Å². The van der Waals surface area contributed by atoms with Gasteiger partial charge in [0.1, 0.15) is 18.5 Å². The van der Waals surface area contributed by atoms with Crippen molar-refractivity contribution in [1.82, 2.24) is 25.2 Å². The standard InChI is InChI=1S/C22H19ClFN7O4/c1-25-21(34)20-28-19(29-22(35)30-8-14(32)17-13(30)3-2-6-26-17)18-16(27-15(33)9-31(18)20)11-7-10(24)4-5-12(11)23/h2-7,14,16,32H,8-9H2,1H3,(H,25,34)(H,27,33)(H,29,35)/t14-,16-/m0/s1. The largest absolute Gasteiger partial charge is 0.385 e. The molecule has 5 rings (SSSR count). The van der Waals surface area contributed by atoms with Gasteiger partial charge < -0.3 is 20.3 Å². The molecule has 0 radical (unpaired) electrons.